The monoisotopic (exact) mass is 366 g/mol. The summed E-state index contributed by atoms with van der Waals surface area (Å²) in [5.41, 5.74) is 0.108. The van der Waals surface area contributed by atoms with Gasteiger partial charge in [-0.1, -0.05) is 15.9 Å². The predicted molar refractivity (Wildman–Crippen MR) is 75.0 cm³/mol. The Kier molecular flexibility index (Phi) is 4.97. The van der Waals surface area contributed by atoms with Crippen molar-refractivity contribution in [2.75, 3.05) is 18.4 Å². The van der Waals surface area contributed by atoms with Gasteiger partial charge < -0.3 is 15.4 Å². The lowest BCUT2D eigenvalue weighted by Gasteiger charge is -2.15. The molecular formula is C13H14BrF3N2O2. The van der Waals surface area contributed by atoms with Crippen LogP contribution in [0.2, 0.25) is 0 Å². The highest BCUT2D eigenvalue weighted by atomic mass is 79.9. The number of carbonyl (C=O) groups excluding carboxylic acids is 1. The van der Waals surface area contributed by atoms with Crippen molar-refractivity contribution in [2.45, 2.75) is 19.2 Å². The first-order valence-corrected chi connectivity index (χ1v) is 7.18. The van der Waals surface area contributed by atoms with Gasteiger partial charge in [-0.25, -0.2) is 0 Å². The molecule has 8 heteroatoms. The van der Waals surface area contributed by atoms with E-state index in [1.54, 1.807) is 6.07 Å². The largest absolute Gasteiger partial charge is 0.573 e. The van der Waals surface area contributed by atoms with E-state index in [1.807, 2.05) is 0 Å². The summed E-state index contributed by atoms with van der Waals surface area (Å²) in [4.78, 5) is 11.6. The zero-order valence-corrected chi connectivity index (χ0v) is 12.6. The lowest BCUT2D eigenvalue weighted by molar-refractivity contribution is -0.274. The zero-order chi connectivity index (χ0) is 15.5. The first-order valence-electron chi connectivity index (χ1n) is 6.39. The molecule has 0 heterocycles. The Labute approximate surface area is 128 Å². The lowest BCUT2D eigenvalue weighted by atomic mass is 10.3. The van der Waals surface area contributed by atoms with Crippen LogP contribution >= 0.6 is 15.9 Å². The third-order valence-electron chi connectivity index (χ3n) is 2.89. The van der Waals surface area contributed by atoms with Crippen LogP contribution in [0.15, 0.2) is 22.7 Å². The molecule has 1 saturated carbocycles. The first kappa shape index (κ1) is 15.9. The van der Waals surface area contributed by atoms with E-state index in [0.29, 0.717) is 16.9 Å². The molecule has 0 aliphatic heterocycles. The van der Waals surface area contributed by atoms with Gasteiger partial charge in [-0.3, -0.25) is 4.79 Å². The second kappa shape index (κ2) is 6.55. The quantitative estimate of drug-likeness (QED) is 0.812. The van der Waals surface area contributed by atoms with Crippen LogP contribution in [0.25, 0.3) is 0 Å². The zero-order valence-electron chi connectivity index (χ0n) is 11.0. The van der Waals surface area contributed by atoms with Crippen molar-refractivity contribution in [3.05, 3.63) is 22.7 Å². The van der Waals surface area contributed by atoms with E-state index in [4.69, 9.17) is 0 Å². The van der Waals surface area contributed by atoms with E-state index in [0.717, 1.165) is 12.8 Å². The molecule has 0 aromatic heterocycles. The first-order chi connectivity index (χ1) is 9.83. The molecule has 0 atom stereocenters. The molecule has 1 aliphatic carbocycles. The van der Waals surface area contributed by atoms with E-state index in [1.165, 1.54) is 12.1 Å². The number of carbonyl (C=O) groups is 1. The molecule has 4 nitrogen and oxygen atoms in total. The summed E-state index contributed by atoms with van der Waals surface area (Å²) in [6.45, 7) is 0.509. The van der Waals surface area contributed by atoms with Gasteiger partial charge in [0.1, 0.15) is 0 Å². The van der Waals surface area contributed by atoms with Gasteiger partial charge in [0.25, 0.3) is 0 Å². The Bertz CT molecular complexity index is 519. The topological polar surface area (TPSA) is 50.4 Å². The fourth-order valence-corrected chi connectivity index (χ4v) is 2.01. The Balaban J connectivity index is 1.92. The minimum Gasteiger partial charge on any atom is -0.404 e. The average Bonchev–Trinajstić information content (AvgIpc) is 3.17. The number of hydrogen-bond donors (Lipinski definition) is 2. The fraction of sp³-hybridized carbons (Fsp3) is 0.462. The van der Waals surface area contributed by atoms with Crippen LogP contribution < -0.4 is 15.4 Å². The van der Waals surface area contributed by atoms with Crippen LogP contribution in [0.1, 0.15) is 12.8 Å². The molecule has 0 saturated heterocycles. The number of alkyl halides is 3. The maximum absolute atomic E-state index is 12.3. The van der Waals surface area contributed by atoms with Crippen molar-refractivity contribution in [3.63, 3.8) is 0 Å². The summed E-state index contributed by atoms with van der Waals surface area (Å²) < 4.78 is 41.4. The summed E-state index contributed by atoms with van der Waals surface area (Å²) in [7, 11) is 0. The van der Waals surface area contributed by atoms with E-state index in [9.17, 15) is 18.0 Å². The van der Waals surface area contributed by atoms with Gasteiger partial charge in [-0.05, 0) is 37.0 Å². The number of nitrogens with one attached hydrogen (secondary N) is 2. The number of halogens is 4. The highest BCUT2D eigenvalue weighted by molar-refractivity contribution is 9.10. The number of hydrogen-bond acceptors (Lipinski definition) is 3. The van der Waals surface area contributed by atoms with Crippen molar-refractivity contribution >= 4 is 27.5 Å². The molecule has 0 bridgehead atoms. The number of ether oxygens (including phenoxy) is 1. The van der Waals surface area contributed by atoms with Gasteiger partial charge in [0.05, 0.1) is 12.2 Å². The van der Waals surface area contributed by atoms with Gasteiger partial charge in [-0.15, -0.1) is 13.2 Å². The standard InChI is InChI=1S/C13H14BrF3N2O2/c14-9-3-4-10(11(5-9)21-13(15,16)17)18-7-12(20)19-6-8-1-2-8/h3-5,8,18H,1-2,6-7H2,(H,19,20). The van der Waals surface area contributed by atoms with E-state index in [2.05, 4.69) is 31.3 Å². The summed E-state index contributed by atoms with van der Waals surface area (Å²) >= 11 is 3.08. The molecule has 1 aliphatic rings. The van der Waals surface area contributed by atoms with Crippen molar-refractivity contribution in [1.82, 2.24) is 5.32 Å². The van der Waals surface area contributed by atoms with E-state index < -0.39 is 6.36 Å². The normalized spacial score (nSPS) is 14.7. The third-order valence-corrected chi connectivity index (χ3v) is 3.39. The number of benzene rings is 1. The fourth-order valence-electron chi connectivity index (χ4n) is 1.67. The number of rotatable bonds is 6. The molecule has 1 fully saturated rings. The number of anilines is 1. The van der Waals surface area contributed by atoms with Crippen molar-refractivity contribution in [1.29, 1.82) is 0 Å². The Morgan fingerprint density at radius 3 is 2.71 bits per heavy atom. The highest BCUT2D eigenvalue weighted by Gasteiger charge is 2.32. The molecule has 0 spiro atoms. The third kappa shape index (κ3) is 5.82. The average molecular weight is 367 g/mol. The minimum atomic E-state index is -4.79. The molecular weight excluding hydrogens is 353 g/mol. The Morgan fingerprint density at radius 2 is 2.10 bits per heavy atom. The summed E-state index contributed by atoms with van der Waals surface area (Å²) in [6.07, 6.45) is -2.56. The molecule has 2 rings (SSSR count). The second-order valence-electron chi connectivity index (χ2n) is 4.79. The maximum atomic E-state index is 12.3. The minimum absolute atomic E-state index is 0.108. The molecule has 0 unspecified atom stereocenters. The van der Waals surface area contributed by atoms with Crippen LogP contribution in [-0.2, 0) is 4.79 Å². The van der Waals surface area contributed by atoms with Gasteiger partial charge in [0, 0.05) is 11.0 Å². The van der Waals surface area contributed by atoms with Crippen LogP contribution in [0.3, 0.4) is 0 Å². The molecule has 1 aromatic rings. The predicted octanol–water partition coefficient (Wildman–Crippen LogP) is 3.29. The molecule has 1 amide bonds. The van der Waals surface area contributed by atoms with Gasteiger partial charge in [0.15, 0.2) is 5.75 Å². The Morgan fingerprint density at radius 1 is 1.38 bits per heavy atom. The molecule has 1 aromatic carbocycles. The van der Waals surface area contributed by atoms with Crippen LogP contribution in [0.4, 0.5) is 18.9 Å². The maximum Gasteiger partial charge on any atom is 0.573 e. The SMILES string of the molecule is O=C(CNc1ccc(Br)cc1OC(F)(F)F)NCC1CC1. The van der Waals surface area contributed by atoms with Crippen molar-refractivity contribution in [2.24, 2.45) is 5.92 Å². The Hall–Kier alpha value is -1.44. The lowest BCUT2D eigenvalue weighted by Crippen LogP contribution is -2.31. The summed E-state index contributed by atoms with van der Waals surface area (Å²) in [6, 6.07) is 4.17. The summed E-state index contributed by atoms with van der Waals surface area (Å²) in [5, 5.41) is 5.37. The molecule has 116 valence electrons. The van der Waals surface area contributed by atoms with Crippen LogP contribution in [0, 0.1) is 5.92 Å². The molecule has 2 N–H and O–H groups in total. The van der Waals surface area contributed by atoms with Gasteiger partial charge in [-0.2, -0.15) is 0 Å². The van der Waals surface area contributed by atoms with E-state index >= 15 is 0 Å². The van der Waals surface area contributed by atoms with Crippen LogP contribution in [-0.4, -0.2) is 25.4 Å². The van der Waals surface area contributed by atoms with E-state index in [-0.39, 0.29) is 23.9 Å². The molecule has 0 radical (unpaired) electrons. The van der Waals surface area contributed by atoms with Crippen LogP contribution in [0.5, 0.6) is 5.75 Å². The smallest absolute Gasteiger partial charge is 0.404 e. The highest BCUT2D eigenvalue weighted by Crippen LogP contribution is 2.32. The van der Waals surface area contributed by atoms with Crippen molar-refractivity contribution in [3.8, 4) is 5.75 Å². The number of amides is 1. The van der Waals surface area contributed by atoms with Gasteiger partial charge >= 0.3 is 6.36 Å². The van der Waals surface area contributed by atoms with Gasteiger partial charge in [0.2, 0.25) is 5.91 Å². The second-order valence-corrected chi connectivity index (χ2v) is 5.70. The van der Waals surface area contributed by atoms with Crippen molar-refractivity contribution < 1.29 is 22.7 Å². The summed E-state index contributed by atoms with van der Waals surface area (Å²) in [5.74, 6) is -0.0969. The molecule has 21 heavy (non-hydrogen) atoms.